The number of aryl methyl sites for hydroxylation is 2. The molecular weight excluding hydrogens is 268 g/mol. The Labute approximate surface area is 120 Å². The SMILES string of the molecule is Cc1ccc2nc(Sc3nccc(C)c3C#N)[nH]c2c1. The lowest BCUT2D eigenvalue weighted by Gasteiger charge is -2.02. The highest BCUT2D eigenvalue weighted by atomic mass is 32.2. The molecule has 3 aromatic rings. The smallest absolute Gasteiger partial charge is 0.172 e. The minimum Gasteiger partial charge on any atom is -0.333 e. The zero-order valence-electron chi connectivity index (χ0n) is 11.1. The predicted octanol–water partition coefficient (Wildman–Crippen LogP) is 3.60. The molecule has 0 amide bonds. The number of nitrogens with zero attached hydrogens (tertiary/aromatic N) is 3. The Balaban J connectivity index is 2.02. The first-order valence-corrected chi connectivity index (χ1v) is 6.99. The molecule has 0 fully saturated rings. The molecule has 0 saturated carbocycles. The highest BCUT2D eigenvalue weighted by Gasteiger charge is 2.11. The largest absolute Gasteiger partial charge is 0.333 e. The maximum Gasteiger partial charge on any atom is 0.172 e. The van der Waals surface area contributed by atoms with Crippen LogP contribution in [0, 0.1) is 25.2 Å². The third kappa shape index (κ3) is 2.26. The van der Waals surface area contributed by atoms with Crippen LogP contribution >= 0.6 is 11.8 Å². The summed E-state index contributed by atoms with van der Waals surface area (Å²) in [5.41, 5.74) is 4.64. The second kappa shape index (κ2) is 4.99. The number of pyridine rings is 1. The Hall–Kier alpha value is -2.32. The Morgan fingerprint density at radius 3 is 2.90 bits per heavy atom. The molecule has 0 aliphatic carbocycles. The third-order valence-electron chi connectivity index (χ3n) is 3.05. The first kappa shape index (κ1) is 12.7. The number of H-pyrrole nitrogens is 1. The van der Waals surface area contributed by atoms with Crippen LogP contribution in [0.2, 0.25) is 0 Å². The van der Waals surface area contributed by atoms with E-state index in [-0.39, 0.29) is 0 Å². The fraction of sp³-hybridized carbons (Fsp3) is 0.133. The van der Waals surface area contributed by atoms with Gasteiger partial charge in [-0.2, -0.15) is 5.26 Å². The van der Waals surface area contributed by atoms with Gasteiger partial charge >= 0.3 is 0 Å². The molecule has 1 N–H and O–H groups in total. The zero-order chi connectivity index (χ0) is 14.1. The van der Waals surface area contributed by atoms with E-state index in [0.29, 0.717) is 10.6 Å². The van der Waals surface area contributed by atoms with Crippen molar-refractivity contribution >= 4 is 22.8 Å². The van der Waals surface area contributed by atoms with E-state index in [1.54, 1.807) is 6.20 Å². The maximum atomic E-state index is 9.22. The lowest BCUT2D eigenvalue weighted by Crippen LogP contribution is -1.90. The molecule has 3 rings (SSSR count). The quantitative estimate of drug-likeness (QED) is 0.779. The number of benzene rings is 1. The molecule has 1 aromatic carbocycles. The van der Waals surface area contributed by atoms with E-state index >= 15 is 0 Å². The van der Waals surface area contributed by atoms with Gasteiger partial charge in [0, 0.05) is 6.20 Å². The van der Waals surface area contributed by atoms with Crippen molar-refractivity contribution in [3.8, 4) is 6.07 Å². The summed E-state index contributed by atoms with van der Waals surface area (Å²) in [5.74, 6) is 0. The number of rotatable bonds is 2. The first-order chi connectivity index (χ1) is 9.67. The molecule has 0 bridgehead atoms. The van der Waals surface area contributed by atoms with Crippen LogP contribution in [0.5, 0.6) is 0 Å². The van der Waals surface area contributed by atoms with E-state index in [4.69, 9.17) is 0 Å². The van der Waals surface area contributed by atoms with E-state index in [2.05, 4.69) is 27.1 Å². The van der Waals surface area contributed by atoms with Crippen LogP contribution in [0.1, 0.15) is 16.7 Å². The van der Waals surface area contributed by atoms with Crippen molar-refractivity contribution in [3.05, 3.63) is 47.2 Å². The van der Waals surface area contributed by atoms with E-state index in [1.807, 2.05) is 32.0 Å². The Morgan fingerprint density at radius 2 is 2.10 bits per heavy atom. The van der Waals surface area contributed by atoms with Gasteiger partial charge in [-0.05, 0) is 54.9 Å². The van der Waals surface area contributed by atoms with Crippen molar-refractivity contribution in [3.63, 3.8) is 0 Å². The molecule has 0 aliphatic rings. The molecular formula is C15H12N4S. The van der Waals surface area contributed by atoms with E-state index in [0.717, 1.165) is 21.8 Å². The van der Waals surface area contributed by atoms with E-state index in [9.17, 15) is 5.26 Å². The molecule has 4 nitrogen and oxygen atoms in total. The molecule has 98 valence electrons. The minimum absolute atomic E-state index is 0.606. The summed E-state index contributed by atoms with van der Waals surface area (Å²) in [4.78, 5) is 12.0. The van der Waals surface area contributed by atoms with Gasteiger partial charge in [0.05, 0.1) is 16.6 Å². The number of hydrogen-bond acceptors (Lipinski definition) is 4. The molecule has 2 aromatic heterocycles. The summed E-state index contributed by atoms with van der Waals surface area (Å²) in [6.07, 6.45) is 1.71. The number of nitriles is 1. The monoisotopic (exact) mass is 280 g/mol. The van der Waals surface area contributed by atoms with Crippen molar-refractivity contribution in [1.29, 1.82) is 5.26 Å². The van der Waals surface area contributed by atoms with Crippen LogP contribution in [0.4, 0.5) is 0 Å². The number of imidazole rings is 1. The lowest BCUT2D eigenvalue weighted by atomic mass is 10.2. The number of fused-ring (bicyclic) bond motifs is 1. The highest BCUT2D eigenvalue weighted by Crippen LogP contribution is 2.29. The summed E-state index contributed by atoms with van der Waals surface area (Å²) in [7, 11) is 0. The Bertz CT molecular complexity index is 829. The van der Waals surface area contributed by atoms with E-state index in [1.165, 1.54) is 17.3 Å². The predicted molar refractivity (Wildman–Crippen MR) is 78.6 cm³/mol. The zero-order valence-corrected chi connectivity index (χ0v) is 12.0. The molecule has 0 spiro atoms. The van der Waals surface area contributed by atoms with Crippen LogP contribution in [0.25, 0.3) is 11.0 Å². The minimum atomic E-state index is 0.606. The van der Waals surface area contributed by atoms with Gasteiger partial charge in [-0.15, -0.1) is 0 Å². The average Bonchev–Trinajstić information content (AvgIpc) is 2.80. The molecule has 0 aliphatic heterocycles. The summed E-state index contributed by atoms with van der Waals surface area (Å²) in [6, 6.07) is 10.1. The molecule has 0 atom stereocenters. The molecule has 5 heteroatoms. The van der Waals surface area contributed by atoms with Crippen LogP contribution in [-0.2, 0) is 0 Å². The second-order valence-corrected chi connectivity index (χ2v) is 5.56. The van der Waals surface area contributed by atoms with Crippen LogP contribution in [0.3, 0.4) is 0 Å². The fourth-order valence-electron chi connectivity index (χ4n) is 1.99. The summed E-state index contributed by atoms with van der Waals surface area (Å²) < 4.78 is 0. The van der Waals surface area contributed by atoms with Gasteiger partial charge in [0.15, 0.2) is 5.16 Å². The molecule has 0 unspecified atom stereocenters. The van der Waals surface area contributed by atoms with Crippen molar-refractivity contribution in [1.82, 2.24) is 15.0 Å². The Morgan fingerprint density at radius 1 is 1.25 bits per heavy atom. The molecule has 0 saturated heterocycles. The highest BCUT2D eigenvalue weighted by molar-refractivity contribution is 7.99. The van der Waals surface area contributed by atoms with Crippen molar-refractivity contribution in [2.45, 2.75) is 24.0 Å². The fourth-order valence-corrected chi connectivity index (χ4v) is 2.90. The molecule has 0 radical (unpaired) electrons. The van der Waals surface area contributed by atoms with E-state index < -0.39 is 0 Å². The van der Waals surface area contributed by atoms with Crippen molar-refractivity contribution < 1.29 is 0 Å². The van der Waals surface area contributed by atoms with Gasteiger partial charge in [-0.3, -0.25) is 0 Å². The molecule has 2 heterocycles. The number of aromatic amines is 1. The maximum absolute atomic E-state index is 9.22. The number of aromatic nitrogens is 3. The normalized spacial score (nSPS) is 10.7. The summed E-state index contributed by atoms with van der Waals surface area (Å²) >= 11 is 1.38. The lowest BCUT2D eigenvalue weighted by molar-refractivity contribution is 1.04. The van der Waals surface area contributed by atoms with Gasteiger partial charge in [-0.1, -0.05) is 6.07 Å². The van der Waals surface area contributed by atoms with Gasteiger partial charge in [0.2, 0.25) is 0 Å². The Kier molecular flexibility index (Phi) is 3.17. The van der Waals surface area contributed by atoms with Gasteiger partial charge in [0.25, 0.3) is 0 Å². The van der Waals surface area contributed by atoms with Crippen LogP contribution < -0.4 is 0 Å². The first-order valence-electron chi connectivity index (χ1n) is 6.17. The van der Waals surface area contributed by atoms with Crippen LogP contribution in [-0.4, -0.2) is 15.0 Å². The van der Waals surface area contributed by atoms with Crippen molar-refractivity contribution in [2.24, 2.45) is 0 Å². The standard InChI is InChI=1S/C15H12N4S/c1-9-3-4-12-13(7-9)19-15(18-12)20-14-11(8-16)10(2)5-6-17-14/h3-7H,1-2H3,(H,18,19). The van der Waals surface area contributed by atoms with Gasteiger partial charge < -0.3 is 4.98 Å². The van der Waals surface area contributed by atoms with Gasteiger partial charge in [-0.25, -0.2) is 9.97 Å². The van der Waals surface area contributed by atoms with Gasteiger partial charge in [0.1, 0.15) is 11.1 Å². The molecule has 20 heavy (non-hydrogen) atoms. The summed E-state index contributed by atoms with van der Waals surface area (Å²) in [6.45, 7) is 3.95. The average molecular weight is 280 g/mol. The van der Waals surface area contributed by atoms with Crippen LogP contribution in [0.15, 0.2) is 40.6 Å². The second-order valence-electron chi connectivity index (χ2n) is 4.58. The topological polar surface area (TPSA) is 65.4 Å². The third-order valence-corrected chi connectivity index (χ3v) is 3.93. The number of hydrogen-bond donors (Lipinski definition) is 1. The van der Waals surface area contributed by atoms with Crippen molar-refractivity contribution in [2.75, 3.05) is 0 Å². The number of nitrogens with one attached hydrogen (secondary N) is 1. The summed E-state index contributed by atoms with van der Waals surface area (Å²) in [5, 5.41) is 10.7.